The van der Waals surface area contributed by atoms with Crippen molar-refractivity contribution >= 4 is 11.8 Å². The molecular formula is C12H11N3OS. The number of rotatable bonds is 2. The van der Waals surface area contributed by atoms with E-state index in [4.69, 9.17) is 0 Å². The molecule has 2 aromatic rings. The first-order valence-corrected chi connectivity index (χ1v) is 6.57. The van der Waals surface area contributed by atoms with Crippen LogP contribution in [0.1, 0.15) is 22.8 Å². The molecule has 4 nitrogen and oxygen atoms in total. The lowest BCUT2D eigenvalue weighted by atomic mass is 10.2. The van der Waals surface area contributed by atoms with Crippen LogP contribution in [0.25, 0.3) is 0 Å². The van der Waals surface area contributed by atoms with E-state index in [1.54, 1.807) is 18.0 Å². The van der Waals surface area contributed by atoms with Crippen molar-refractivity contribution in [2.45, 2.75) is 17.9 Å². The molecule has 0 aliphatic carbocycles. The summed E-state index contributed by atoms with van der Waals surface area (Å²) in [5.41, 5.74) is 2.69. The molecule has 0 atom stereocenters. The van der Waals surface area contributed by atoms with Gasteiger partial charge in [0, 0.05) is 35.4 Å². The second-order valence-electron chi connectivity index (χ2n) is 3.93. The summed E-state index contributed by atoms with van der Waals surface area (Å²) < 4.78 is 0. The third kappa shape index (κ3) is 2.10. The fourth-order valence-corrected chi connectivity index (χ4v) is 2.91. The van der Waals surface area contributed by atoms with Crippen molar-refractivity contribution in [3.05, 3.63) is 57.5 Å². The Balaban J connectivity index is 1.95. The number of aromatic amines is 1. The molecule has 0 unspecified atom stereocenters. The molecule has 0 fully saturated rings. The Kier molecular flexibility index (Phi) is 2.68. The van der Waals surface area contributed by atoms with Gasteiger partial charge in [-0.25, -0.2) is 4.98 Å². The van der Waals surface area contributed by atoms with Crippen LogP contribution in [0.5, 0.6) is 0 Å². The van der Waals surface area contributed by atoms with Crippen molar-refractivity contribution < 1.29 is 0 Å². The lowest BCUT2D eigenvalue weighted by Gasteiger charge is -2.02. The van der Waals surface area contributed by atoms with Crippen LogP contribution in [0.4, 0.5) is 0 Å². The quantitative estimate of drug-likeness (QED) is 0.871. The number of thioether (sulfide) groups is 1. The van der Waals surface area contributed by atoms with Crippen LogP contribution >= 0.6 is 11.8 Å². The van der Waals surface area contributed by atoms with Gasteiger partial charge in [0.15, 0.2) is 0 Å². The molecule has 17 heavy (non-hydrogen) atoms. The van der Waals surface area contributed by atoms with Crippen molar-refractivity contribution in [1.82, 2.24) is 15.0 Å². The molecule has 0 radical (unpaired) electrons. The van der Waals surface area contributed by atoms with Crippen LogP contribution < -0.4 is 5.56 Å². The lowest BCUT2D eigenvalue weighted by molar-refractivity contribution is 0.885. The Morgan fingerprint density at radius 2 is 2.29 bits per heavy atom. The first-order chi connectivity index (χ1) is 8.33. The molecule has 0 bridgehead atoms. The van der Waals surface area contributed by atoms with Crippen LogP contribution in [0.3, 0.4) is 0 Å². The minimum absolute atomic E-state index is 0.00549. The SMILES string of the molecule is O=c1[nH]c(Cc2ccccn2)nc2c1CSC2. The van der Waals surface area contributed by atoms with Gasteiger partial charge in [0.05, 0.1) is 5.69 Å². The number of hydrogen-bond donors (Lipinski definition) is 1. The Morgan fingerprint density at radius 3 is 3.12 bits per heavy atom. The van der Waals surface area contributed by atoms with E-state index in [2.05, 4.69) is 15.0 Å². The van der Waals surface area contributed by atoms with Gasteiger partial charge in [0.25, 0.3) is 5.56 Å². The molecule has 86 valence electrons. The summed E-state index contributed by atoms with van der Waals surface area (Å²) in [4.78, 5) is 23.4. The van der Waals surface area contributed by atoms with E-state index < -0.39 is 0 Å². The zero-order valence-electron chi connectivity index (χ0n) is 9.14. The summed E-state index contributed by atoms with van der Waals surface area (Å²) in [6, 6.07) is 5.74. The van der Waals surface area contributed by atoms with E-state index in [1.165, 1.54) is 0 Å². The number of hydrogen-bond acceptors (Lipinski definition) is 4. The first kappa shape index (κ1) is 10.5. The van der Waals surface area contributed by atoms with Gasteiger partial charge in [-0.3, -0.25) is 9.78 Å². The molecule has 0 saturated carbocycles. The first-order valence-electron chi connectivity index (χ1n) is 5.41. The van der Waals surface area contributed by atoms with Gasteiger partial charge in [-0.2, -0.15) is 11.8 Å². The number of nitrogens with zero attached hydrogens (tertiary/aromatic N) is 2. The molecule has 5 heteroatoms. The van der Waals surface area contributed by atoms with Crippen molar-refractivity contribution in [3.8, 4) is 0 Å². The third-order valence-corrected chi connectivity index (χ3v) is 3.68. The average Bonchev–Trinajstić information content (AvgIpc) is 2.79. The van der Waals surface area contributed by atoms with E-state index in [0.29, 0.717) is 12.2 Å². The summed E-state index contributed by atoms with van der Waals surface area (Å²) in [6.45, 7) is 0. The van der Waals surface area contributed by atoms with Gasteiger partial charge in [0.2, 0.25) is 0 Å². The van der Waals surface area contributed by atoms with E-state index in [-0.39, 0.29) is 5.56 Å². The maximum absolute atomic E-state index is 11.8. The van der Waals surface area contributed by atoms with Gasteiger partial charge >= 0.3 is 0 Å². The Hall–Kier alpha value is -1.62. The number of aromatic nitrogens is 3. The van der Waals surface area contributed by atoms with Crippen LogP contribution in [-0.2, 0) is 17.9 Å². The lowest BCUT2D eigenvalue weighted by Crippen LogP contribution is -2.17. The summed E-state index contributed by atoms with van der Waals surface area (Å²) >= 11 is 1.73. The van der Waals surface area contributed by atoms with Gasteiger partial charge in [-0.05, 0) is 12.1 Å². The monoisotopic (exact) mass is 245 g/mol. The molecule has 0 spiro atoms. The Morgan fingerprint density at radius 1 is 1.35 bits per heavy atom. The maximum Gasteiger partial charge on any atom is 0.255 e. The minimum atomic E-state index is 0.00549. The van der Waals surface area contributed by atoms with Gasteiger partial charge < -0.3 is 4.98 Å². The molecule has 0 saturated heterocycles. The fourth-order valence-electron chi connectivity index (χ4n) is 1.87. The molecule has 3 heterocycles. The topological polar surface area (TPSA) is 58.6 Å². The summed E-state index contributed by atoms with van der Waals surface area (Å²) in [7, 11) is 0. The van der Waals surface area contributed by atoms with Gasteiger partial charge in [-0.15, -0.1) is 0 Å². The van der Waals surface area contributed by atoms with Crippen LogP contribution in [0, 0.1) is 0 Å². The standard InChI is InChI=1S/C12H11N3OS/c16-12-9-6-17-7-10(9)14-11(15-12)5-8-3-1-2-4-13-8/h1-4H,5-7H2,(H,14,15,16). The van der Waals surface area contributed by atoms with E-state index in [9.17, 15) is 4.79 Å². The average molecular weight is 245 g/mol. The highest BCUT2D eigenvalue weighted by Crippen LogP contribution is 2.25. The smallest absolute Gasteiger partial charge is 0.255 e. The second-order valence-corrected chi connectivity index (χ2v) is 4.91. The maximum atomic E-state index is 11.8. The number of nitrogens with one attached hydrogen (secondary N) is 1. The second kappa shape index (κ2) is 4.33. The van der Waals surface area contributed by atoms with Crippen molar-refractivity contribution in [2.75, 3.05) is 0 Å². The molecule has 0 aromatic carbocycles. The Bertz CT molecular complexity index is 594. The zero-order chi connectivity index (χ0) is 11.7. The molecular weight excluding hydrogens is 234 g/mol. The molecule has 1 aliphatic rings. The molecule has 1 N–H and O–H groups in total. The third-order valence-electron chi connectivity index (χ3n) is 2.71. The zero-order valence-corrected chi connectivity index (χ0v) is 9.96. The largest absolute Gasteiger partial charge is 0.310 e. The van der Waals surface area contributed by atoms with Crippen molar-refractivity contribution in [2.24, 2.45) is 0 Å². The van der Waals surface area contributed by atoms with E-state index in [0.717, 1.165) is 28.5 Å². The highest BCUT2D eigenvalue weighted by atomic mass is 32.2. The van der Waals surface area contributed by atoms with Crippen molar-refractivity contribution in [1.29, 1.82) is 0 Å². The molecule has 2 aromatic heterocycles. The number of pyridine rings is 1. The number of H-pyrrole nitrogens is 1. The van der Waals surface area contributed by atoms with E-state index in [1.807, 2.05) is 18.2 Å². The summed E-state index contributed by atoms with van der Waals surface area (Å²) in [5.74, 6) is 2.32. The van der Waals surface area contributed by atoms with Crippen LogP contribution in [0.15, 0.2) is 29.2 Å². The van der Waals surface area contributed by atoms with E-state index >= 15 is 0 Å². The normalized spacial score (nSPS) is 13.6. The minimum Gasteiger partial charge on any atom is -0.310 e. The predicted octanol–water partition coefficient (Wildman–Crippen LogP) is 1.50. The highest BCUT2D eigenvalue weighted by molar-refractivity contribution is 7.98. The van der Waals surface area contributed by atoms with Gasteiger partial charge in [-0.1, -0.05) is 6.07 Å². The number of fused-ring (bicyclic) bond motifs is 1. The fraction of sp³-hybridized carbons (Fsp3) is 0.250. The molecule has 3 rings (SSSR count). The Labute approximate surface area is 103 Å². The van der Waals surface area contributed by atoms with Crippen LogP contribution in [-0.4, -0.2) is 15.0 Å². The predicted molar refractivity (Wildman–Crippen MR) is 66.9 cm³/mol. The molecule has 1 aliphatic heterocycles. The van der Waals surface area contributed by atoms with Crippen LogP contribution in [0.2, 0.25) is 0 Å². The van der Waals surface area contributed by atoms with Gasteiger partial charge in [0.1, 0.15) is 5.82 Å². The highest BCUT2D eigenvalue weighted by Gasteiger charge is 2.17. The molecule has 0 amide bonds. The summed E-state index contributed by atoms with van der Waals surface area (Å²) in [5, 5.41) is 0. The summed E-state index contributed by atoms with van der Waals surface area (Å²) in [6.07, 6.45) is 2.32. The van der Waals surface area contributed by atoms with Crippen molar-refractivity contribution in [3.63, 3.8) is 0 Å².